The van der Waals surface area contributed by atoms with Gasteiger partial charge in [0, 0.05) is 25.2 Å². The molecule has 24 heavy (non-hydrogen) atoms. The molecule has 3 rings (SSSR count). The van der Waals surface area contributed by atoms with Crippen molar-refractivity contribution in [1.82, 2.24) is 10.2 Å². The van der Waals surface area contributed by atoms with Crippen LogP contribution >= 0.6 is 0 Å². The fourth-order valence-electron chi connectivity index (χ4n) is 2.78. The summed E-state index contributed by atoms with van der Waals surface area (Å²) >= 11 is 0. The Hall–Kier alpha value is -2.43. The predicted octanol–water partition coefficient (Wildman–Crippen LogP) is 4.26. The Morgan fingerprint density at radius 2 is 1.92 bits per heavy atom. The molecule has 0 heterocycles. The number of nitrogens with one attached hydrogen (secondary N) is 1. The van der Waals surface area contributed by atoms with Crippen LogP contribution in [0.5, 0.6) is 0 Å². The van der Waals surface area contributed by atoms with E-state index in [0.29, 0.717) is 5.92 Å². The van der Waals surface area contributed by atoms with Crippen molar-refractivity contribution < 1.29 is 13.6 Å². The Morgan fingerprint density at radius 3 is 2.54 bits per heavy atom. The second-order valence-electron chi connectivity index (χ2n) is 6.27. The highest BCUT2D eigenvalue weighted by Gasteiger charge is 2.33. The summed E-state index contributed by atoms with van der Waals surface area (Å²) < 4.78 is 26.7. The molecule has 2 aromatic rings. The highest BCUT2D eigenvalue weighted by atomic mass is 19.1. The number of nitrogens with zero attached hydrogens (tertiary/aromatic N) is 1. The van der Waals surface area contributed by atoms with Crippen molar-refractivity contribution in [2.24, 2.45) is 5.92 Å². The van der Waals surface area contributed by atoms with Crippen molar-refractivity contribution in [3.63, 3.8) is 0 Å². The summed E-state index contributed by atoms with van der Waals surface area (Å²) in [4.78, 5) is 13.9. The Kier molecular flexibility index (Phi) is 4.79. The first-order valence-electron chi connectivity index (χ1n) is 8.05. The lowest BCUT2D eigenvalue weighted by molar-refractivity contribution is 0.200. The molecule has 1 saturated carbocycles. The molecule has 1 unspecified atom stereocenters. The lowest BCUT2D eigenvalue weighted by Gasteiger charge is -2.24. The quantitative estimate of drug-likeness (QED) is 0.873. The Labute approximate surface area is 140 Å². The van der Waals surface area contributed by atoms with Gasteiger partial charge in [0.15, 0.2) is 0 Å². The van der Waals surface area contributed by atoms with Gasteiger partial charge in [-0.3, -0.25) is 0 Å². The first-order valence-corrected chi connectivity index (χ1v) is 8.05. The van der Waals surface area contributed by atoms with Crippen molar-refractivity contribution in [1.29, 1.82) is 0 Å². The SMILES string of the molecule is CN(Cc1ccc(F)cc1F)C(=O)NC(c1ccccc1)C1CC1. The molecule has 0 saturated heterocycles. The number of carbonyl (C=O) groups excluding carboxylic acids is 1. The predicted molar refractivity (Wildman–Crippen MR) is 88.3 cm³/mol. The zero-order valence-corrected chi connectivity index (χ0v) is 13.5. The molecular weight excluding hydrogens is 310 g/mol. The number of amides is 2. The number of urea groups is 1. The van der Waals surface area contributed by atoms with Crippen LogP contribution in [0.1, 0.15) is 30.0 Å². The van der Waals surface area contributed by atoms with E-state index in [0.717, 1.165) is 24.5 Å². The third kappa shape index (κ3) is 3.91. The molecular formula is C19H20F2N2O. The minimum atomic E-state index is -0.642. The molecule has 0 bridgehead atoms. The maximum Gasteiger partial charge on any atom is 0.317 e. The second kappa shape index (κ2) is 6.99. The molecule has 1 N–H and O–H groups in total. The molecule has 0 radical (unpaired) electrons. The molecule has 126 valence electrons. The zero-order chi connectivity index (χ0) is 17.1. The minimum Gasteiger partial charge on any atom is -0.331 e. The van der Waals surface area contributed by atoms with E-state index in [1.54, 1.807) is 7.05 Å². The van der Waals surface area contributed by atoms with Crippen LogP contribution in [0.4, 0.5) is 13.6 Å². The van der Waals surface area contributed by atoms with Crippen LogP contribution in [0.3, 0.4) is 0 Å². The molecule has 5 heteroatoms. The lowest BCUT2D eigenvalue weighted by Crippen LogP contribution is -2.39. The van der Waals surface area contributed by atoms with Gasteiger partial charge in [0.2, 0.25) is 0 Å². The summed E-state index contributed by atoms with van der Waals surface area (Å²) in [6.07, 6.45) is 2.19. The molecule has 1 aliphatic rings. The fourth-order valence-corrected chi connectivity index (χ4v) is 2.78. The van der Waals surface area contributed by atoms with Crippen LogP contribution in [-0.4, -0.2) is 18.0 Å². The Bertz CT molecular complexity index is 717. The summed E-state index contributed by atoms with van der Waals surface area (Å²) in [5.41, 5.74) is 1.37. The lowest BCUT2D eigenvalue weighted by atomic mass is 10.0. The van der Waals surface area contributed by atoms with Crippen LogP contribution in [0.2, 0.25) is 0 Å². The van der Waals surface area contributed by atoms with Gasteiger partial charge in [-0.15, -0.1) is 0 Å². The number of hydrogen-bond acceptors (Lipinski definition) is 1. The third-order valence-corrected chi connectivity index (χ3v) is 4.30. The summed E-state index contributed by atoms with van der Waals surface area (Å²) in [5.74, 6) is -0.815. The normalized spacial score (nSPS) is 15.0. The highest BCUT2D eigenvalue weighted by molar-refractivity contribution is 5.74. The van der Waals surface area contributed by atoms with Crippen molar-refractivity contribution in [2.75, 3.05) is 7.05 Å². The number of rotatable bonds is 5. The molecule has 1 atom stereocenters. The summed E-state index contributed by atoms with van der Waals surface area (Å²) in [6, 6.07) is 13.0. The van der Waals surface area contributed by atoms with Gasteiger partial charge in [0.1, 0.15) is 11.6 Å². The van der Waals surface area contributed by atoms with Crippen LogP contribution in [0.25, 0.3) is 0 Å². The number of benzene rings is 2. The van der Waals surface area contributed by atoms with Gasteiger partial charge in [-0.25, -0.2) is 13.6 Å². The molecule has 0 spiro atoms. The van der Waals surface area contributed by atoms with Gasteiger partial charge in [0.05, 0.1) is 6.04 Å². The Balaban J connectivity index is 1.66. The van der Waals surface area contributed by atoms with Crippen LogP contribution in [0.15, 0.2) is 48.5 Å². The van der Waals surface area contributed by atoms with E-state index < -0.39 is 11.6 Å². The number of hydrogen-bond donors (Lipinski definition) is 1. The van der Waals surface area contributed by atoms with Gasteiger partial charge in [-0.2, -0.15) is 0 Å². The summed E-state index contributed by atoms with van der Waals surface area (Å²) in [5, 5.41) is 3.04. The average Bonchev–Trinajstić information content (AvgIpc) is 3.40. The van der Waals surface area contributed by atoms with E-state index in [4.69, 9.17) is 0 Å². The standard InChI is InChI=1S/C19H20F2N2O/c1-23(12-15-9-10-16(20)11-17(15)21)19(24)22-18(14-7-8-14)13-5-3-2-4-6-13/h2-6,9-11,14,18H,7-8,12H2,1H3,(H,22,24). The van der Waals surface area contributed by atoms with Crippen molar-refractivity contribution >= 4 is 6.03 Å². The smallest absolute Gasteiger partial charge is 0.317 e. The summed E-state index contributed by atoms with van der Waals surface area (Å²) in [6.45, 7) is 0.0874. The molecule has 0 aromatic heterocycles. The van der Waals surface area contributed by atoms with E-state index in [-0.39, 0.29) is 24.2 Å². The number of carbonyl (C=O) groups is 1. The van der Waals surface area contributed by atoms with E-state index in [1.165, 1.54) is 17.0 Å². The maximum atomic E-state index is 13.7. The highest BCUT2D eigenvalue weighted by Crippen LogP contribution is 2.41. The van der Waals surface area contributed by atoms with Gasteiger partial charge in [0.25, 0.3) is 0 Å². The van der Waals surface area contributed by atoms with E-state index in [1.807, 2.05) is 30.3 Å². The monoisotopic (exact) mass is 330 g/mol. The number of halogens is 2. The van der Waals surface area contributed by atoms with E-state index in [2.05, 4.69) is 5.32 Å². The molecule has 2 aromatic carbocycles. The van der Waals surface area contributed by atoms with Gasteiger partial charge in [-0.05, 0) is 30.4 Å². The fraction of sp³-hybridized carbons (Fsp3) is 0.316. The van der Waals surface area contributed by atoms with E-state index in [9.17, 15) is 13.6 Å². The van der Waals surface area contributed by atoms with Crippen LogP contribution in [0, 0.1) is 17.6 Å². The second-order valence-corrected chi connectivity index (χ2v) is 6.27. The summed E-state index contributed by atoms with van der Waals surface area (Å²) in [7, 11) is 1.60. The molecule has 1 aliphatic carbocycles. The minimum absolute atomic E-state index is 0.0285. The molecule has 1 fully saturated rings. The van der Waals surface area contributed by atoms with Gasteiger partial charge >= 0.3 is 6.03 Å². The van der Waals surface area contributed by atoms with Gasteiger partial charge < -0.3 is 10.2 Å². The van der Waals surface area contributed by atoms with Gasteiger partial charge in [-0.1, -0.05) is 36.4 Å². The molecule has 0 aliphatic heterocycles. The molecule has 3 nitrogen and oxygen atoms in total. The first-order chi connectivity index (χ1) is 11.5. The van der Waals surface area contributed by atoms with Crippen LogP contribution < -0.4 is 5.32 Å². The van der Waals surface area contributed by atoms with Crippen molar-refractivity contribution in [2.45, 2.75) is 25.4 Å². The van der Waals surface area contributed by atoms with Crippen molar-refractivity contribution in [3.8, 4) is 0 Å². The zero-order valence-electron chi connectivity index (χ0n) is 13.5. The average molecular weight is 330 g/mol. The topological polar surface area (TPSA) is 32.3 Å². The largest absolute Gasteiger partial charge is 0.331 e. The Morgan fingerprint density at radius 1 is 1.21 bits per heavy atom. The maximum absolute atomic E-state index is 13.7. The van der Waals surface area contributed by atoms with Crippen LogP contribution in [-0.2, 0) is 6.54 Å². The first kappa shape index (κ1) is 16.4. The van der Waals surface area contributed by atoms with Crippen molar-refractivity contribution in [3.05, 3.63) is 71.3 Å². The van der Waals surface area contributed by atoms with E-state index >= 15 is 0 Å². The molecule has 2 amide bonds. The third-order valence-electron chi connectivity index (χ3n) is 4.30.